The van der Waals surface area contributed by atoms with E-state index in [1.165, 1.54) is 6.08 Å². The van der Waals surface area contributed by atoms with Crippen molar-refractivity contribution in [3.63, 3.8) is 0 Å². The number of aromatic nitrogens is 2. The highest BCUT2D eigenvalue weighted by molar-refractivity contribution is 6.32. The Labute approximate surface area is 146 Å². The normalized spacial score (nSPS) is 12.3. The van der Waals surface area contributed by atoms with E-state index in [-0.39, 0.29) is 6.61 Å². The van der Waals surface area contributed by atoms with Gasteiger partial charge in [-0.2, -0.15) is 0 Å². The molecule has 0 unspecified atom stereocenters. The molecule has 0 spiro atoms. The van der Waals surface area contributed by atoms with Gasteiger partial charge in [0.1, 0.15) is 12.5 Å². The van der Waals surface area contributed by atoms with Gasteiger partial charge in [0.15, 0.2) is 0 Å². The average Bonchev–Trinajstić information content (AvgIpc) is 2.91. The number of hydrogen-bond donors (Lipinski definition) is 2. The van der Waals surface area contributed by atoms with Crippen LogP contribution in [0, 0.1) is 6.92 Å². The van der Waals surface area contributed by atoms with Crippen LogP contribution in [0.1, 0.15) is 11.4 Å². The molecule has 4 nitrogen and oxygen atoms in total. The highest BCUT2D eigenvalue weighted by Crippen LogP contribution is 2.23. The number of H-pyrrole nitrogens is 1. The van der Waals surface area contributed by atoms with Gasteiger partial charge < -0.3 is 15.0 Å². The molecule has 0 saturated heterocycles. The number of nitrogens with one attached hydrogen (secondary N) is 1. The van der Waals surface area contributed by atoms with E-state index in [2.05, 4.69) is 9.97 Å². The van der Waals surface area contributed by atoms with E-state index in [1.807, 2.05) is 37.3 Å². The van der Waals surface area contributed by atoms with Gasteiger partial charge in [-0.15, -0.1) is 0 Å². The van der Waals surface area contributed by atoms with E-state index >= 15 is 0 Å². The van der Waals surface area contributed by atoms with Crippen molar-refractivity contribution in [3.05, 3.63) is 65.2 Å². The molecule has 2 aromatic rings. The maximum Gasteiger partial charge on any atom is 0.109 e. The van der Waals surface area contributed by atoms with E-state index in [1.54, 1.807) is 17.3 Å². The fourth-order valence-corrected chi connectivity index (χ4v) is 2.52. The zero-order valence-electron chi connectivity index (χ0n) is 13.5. The van der Waals surface area contributed by atoms with Crippen LogP contribution in [0.4, 0.5) is 4.39 Å². The smallest absolute Gasteiger partial charge is 0.109 e. The fourth-order valence-electron chi connectivity index (χ4n) is 2.28. The van der Waals surface area contributed by atoms with Crippen LogP contribution in [0.25, 0.3) is 11.0 Å². The molecule has 1 aromatic carbocycles. The topological polar surface area (TPSA) is 52.1 Å². The molecule has 1 heterocycles. The van der Waals surface area contributed by atoms with Crippen LogP contribution in [0.15, 0.2) is 48.8 Å². The van der Waals surface area contributed by atoms with Gasteiger partial charge in [0.2, 0.25) is 0 Å². The van der Waals surface area contributed by atoms with Gasteiger partial charge in [-0.05, 0) is 43.2 Å². The van der Waals surface area contributed by atoms with E-state index < -0.39 is 6.67 Å². The number of allylic oxidation sites excluding steroid dienone is 4. The molecule has 0 aliphatic heterocycles. The second-order valence-corrected chi connectivity index (χ2v) is 5.66. The summed E-state index contributed by atoms with van der Waals surface area (Å²) >= 11 is 6.29. The second kappa shape index (κ2) is 9.25. The first-order valence-corrected chi connectivity index (χ1v) is 8.09. The van der Waals surface area contributed by atoms with Gasteiger partial charge in [0, 0.05) is 24.0 Å². The van der Waals surface area contributed by atoms with E-state index in [9.17, 15) is 4.39 Å². The summed E-state index contributed by atoms with van der Waals surface area (Å²) in [5.74, 6) is 0.863. The first kappa shape index (κ1) is 18.2. The Kier molecular flexibility index (Phi) is 7.03. The Morgan fingerprint density at radius 2 is 2.12 bits per heavy atom. The molecule has 0 aliphatic rings. The van der Waals surface area contributed by atoms with Crippen molar-refractivity contribution >= 4 is 22.6 Å². The number of benzene rings is 1. The number of aryl methyl sites for hydroxylation is 1. The van der Waals surface area contributed by atoms with Crippen molar-refractivity contribution in [3.8, 4) is 0 Å². The summed E-state index contributed by atoms with van der Waals surface area (Å²) in [6, 6.07) is 3.87. The molecule has 1 aromatic heterocycles. The summed E-state index contributed by atoms with van der Waals surface area (Å²) < 4.78 is 12.1. The van der Waals surface area contributed by atoms with Gasteiger partial charge in [0.25, 0.3) is 0 Å². The lowest BCUT2D eigenvalue weighted by Crippen LogP contribution is -2.14. The lowest BCUT2D eigenvalue weighted by Gasteiger charge is -2.12. The Balaban J connectivity index is 1.99. The van der Waals surface area contributed by atoms with E-state index in [4.69, 9.17) is 16.7 Å². The van der Waals surface area contributed by atoms with Gasteiger partial charge in [0.05, 0.1) is 17.6 Å². The SMILES string of the molecule is Cc1nc2cc(Cl)c(C/C=C/C=C\N(/C=C/CF)CCO)cc2[nH]1. The molecule has 0 aliphatic carbocycles. The number of hydrogen-bond acceptors (Lipinski definition) is 3. The van der Waals surface area contributed by atoms with Crippen LogP contribution in [0.3, 0.4) is 0 Å². The third kappa shape index (κ3) is 5.22. The number of rotatable bonds is 8. The standard InChI is InChI=1S/C18H21ClFN3O/c1-14-21-17-12-15(16(19)13-18(17)22-14)6-3-2-4-8-23(10-11-24)9-5-7-20/h2-5,8-9,12-13,24H,6-7,10-11H2,1H3,(H,21,22)/b3-2+,8-4-,9-5+. The zero-order chi connectivity index (χ0) is 17.4. The molecule has 0 radical (unpaired) electrons. The second-order valence-electron chi connectivity index (χ2n) is 5.26. The van der Waals surface area contributed by atoms with Crippen molar-refractivity contribution in [2.75, 3.05) is 19.8 Å². The van der Waals surface area contributed by atoms with Crippen molar-refractivity contribution < 1.29 is 9.50 Å². The quantitative estimate of drug-likeness (QED) is 0.710. The highest BCUT2D eigenvalue weighted by atomic mass is 35.5. The lowest BCUT2D eigenvalue weighted by molar-refractivity contribution is 0.263. The molecular weight excluding hydrogens is 329 g/mol. The van der Waals surface area contributed by atoms with Gasteiger partial charge in [-0.3, -0.25) is 0 Å². The predicted molar refractivity (Wildman–Crippen MR) is 96.7 cm³/mol. The number of aliphatic hydroxyl groups is 1. The molecule has 24 heavy (non-hydrogen) atoms. The summed E-state index contributed by atoms with van der Waals surface area (Å²) in [5.41, 5.74) is 2.85. The predicted octanol–water partition coefficient (Wildman–Crippen LogP) is 3.91. The lowest BCUT2D eigenvalue weighted by atomic mass is 10.1. The molecule has 0 bridgehead atoms. The molecular formula is C18H21ClFN3O. The number of aliphatic hydroxyl groups excluding tert-OH is 1. The molecule has 128 valence electrons. The highest BCUT2D eigenvalue weighted by Gasteiger charge is 2.05. The molecule has 0 saturated carbocycles. The molecule has 6 heteroatoms. The summed E-state index contributed by atoms with van der Waals surface area (Å²) in [7, 11) is 0. The van der Waals surface area contributed by atoms with E-state index in [0.29, 0.717) is 18.0 Å². The molecule has 0 amide bonds. The Morgan fingerprint density at radius 1 is 1.29 bits per heavy atom. The van der Waals surface area contributed by atoms with E-state index in [0.717, 1.165) is 22.4 Å². The monoisotopic (exact) mass is 349 g/mol. The largest absolute Gasteiger partial charge is 0.395 e. The first-order valence-electron chi connectivity index (χ1n) is 7.71. The van der Waals surface area contributed by atoms with Gasteiger partial charge >= 0.3 is 0 Å². The van der Waals surface area contributed by atoms with Gasteiger partial charge in [-0.25, -0.2) is 9.37 Å². The number of fused-ring (bicyclic) bond motifs is 1. The maximum atomic E-state index is 12.1. The fraction of sp³-hybridized carbons (Fsp3) is 0.278. The Morgan fingerprint density at radius 3 is 2.88 bits per heavy atom. The van der Waals surface area contributed by atoms with Crippen LogP contribution >= 0.6 is 11.6 Å². The average molecular weight is 350 g/mol. The molecule has 0 fully saturated rings. The number of aromatic amines is 1. The Hall–Kier alpha value is -2.11. The summed E-state index contributed by atoms with van der Waals surface area (Å²) in [4.78, 5) is 9.28. The maximum absolute atomic E-state index is 12.1. The van der Waals surface area contributed by atoms with Crippen LogP contribution in [0.2, 0.25) is 5.02 Å². The van der Waals surface area contributed by atoms with Crippen LogP contribution in [-0.4, -0.2) is 39.8 Å². The summed E-state index contributed by atoms with van der Waals surface area (Å²) in [6.07, 6.45) is 11.2. The van der Waals surface area contributed by atoms with Crippen molar-refractivity contribution in [1.29, 1.82) is 0 Å². The molecule has 2 N–H and O–H groups in total. The third-order valence-corrected chi connectivity index (χ3v) is 3.73. The van der Waals surface area contributed by atoms with Gasteiger partial charge in [-0.1, -0.05) is 23.8 Å². The minimum Gasteiger partial charge on any atom is -0.395 e. The number of halogens is 2. The van der Waals surface area contributed by atoms with Crippen molar-refractivity contribution in [2.45, 2.75) is 13.3 Å². The first-order chi connectivity index (χ1) is 11.6. The van der Waals surface area contributed by atoms with Crippen LogP contribution in [0.5, 0.6) is 0 Å². The van der Waals surface area contributed by atoms with Crippen molar-refractivity contribution in [1.82, 2.24) is 14.9 Å². The van der Waals surface area contributed by atoms with Crippen LogP contribution < -0.4 is 0 Å². The Bertz CT molecular complexity index is 752. The number of nitrogens with zero attached hydrogens (tertiary/aromatic N) is 2. The minimum absolute atomic E-state index is 0.00387. The number of imidazole rings is 1. The summed E-state index contributed by atoms with van der Waals surface area (Å²) in [6.45, 7) is 1.81. The zero-order valence-corrected chi connectivity index (χ0v) is 14.3. The molecule has 2 rings (SSSR count). The van der Waals surface area contributed by atoms with Crippen LogP contribution in [-0.2, 0) is 6.42 Å². The minimum atomic E-state index is -0.528. The third-order valence-electron chi connectivity index (χ3n) is 3.38. The number of alkyl halides is 1. The molecule has 0 atom stereocenters. The van der Waals surface area contributed by atoms with Crippen molar-refractivity contribution in [2.24, 2.45) is 0 Å². The summed E-state index contributed by atoms with van der Waals surface area (Å²) in [5, 5.41) is 9.65.